The number of hydrogen-bond donors (Lipinski definition) is 0. The van der Waals surface area contributed by atoms with Crippen molar-refractivity contribution in [2.24, 2.45) is 0 Å². The van der Waals surface area contributed by atoms with E-state index in [0.717, 1.165) is 43.7 Å². The van der Waals surface area contributed by atoms with Gasteiger partial charge in [-0.05, 0) is 74.1 Å². The van der Waals surface area contributed by atoms with Gasteiger partial charge in [-0.1, -0.05) is 38.0 Å². The first kappa shape index (κ1) is 25.5. The highest BCUT2D eigenvalue weighted by Crippen LogP contribution is 2.22. The quantitative estimate of drug-likeness (QED) is 0.155. The van der Waals surface area contributed by atoms with Crippen LogP contribution in [0.25, 0.3) is 0 Å². The largest absolute Gasteiger partial charge is 0.494 e. The van der Waals surface area contributed by atoms with Crippen molar-refractivity contribution >= 4 is 11.9 Å². The average molecular weight is 467 g/mol. The third-order valence-corrected chi connectivity index (χ3v) is 5.73. The Morgan fingerprint density at radius 2 is 1.53 bits per heavy atom. The first-order valence-electron chi connectivity index (χ1n) is 12.1. The summed E-state index contributed by atoms with van der Waals surface area (Å²) < 4.78 is 22.1. The number of carbonyl (C=O) groups excluding carboxylic acids is 2. The zero-order valence-electron chi connectivity index (χ0n) is 19.7. The summed E-state index contributed by atoms with van der Waals surface area (Å²) in [5.41, 5.74) is 1.53. The molecule has 0 bridgehead atoms. The lowest BCUT2D eigenvalue weighted by molar-refractivity contribution is -0.137. The second-order valence-corrected chi connectivity index (χ2v) is 8.41. The van der Waals surface area contributed by atoms with Crippen molar-refractivity contribution in [1.82, 2.24) is 0 Å². The smallest absolute Gasteiger partial charge is 0.343 e. The monoisotopic (exact) mass is 466 g/mol. The van der Waals surface area contributed by atoms with Crippen molar-refractivity contribution in [2.45, 2.75) is 64.1 Å². The average Bonchev–Trinajstić information content (AvgIpc) is 2.88. The molecule has 182 valence electrons. The van der Waals surface area contributed by atoms with Gasteiger partial charge >= 0.3 is 11.9 Å². The van der Waals surface area contributed by atoms with Gasteiger partial charge in [-0.3, -0.25) is 0 Å². The van der Waals surface area contributed by atoms with E-state index in [-0.39, 0.29) is 0 Å². The van der Waals surface area contributed by atoms with Gasteiger partial charge in [0.05, 0.1) is 31.5 Å². The van der Waals surface area contributed by atoms with Crippen molar-refractivity contribution in [2.75, 3.05) is 13.2 Å². The number of benzene rings is 2. The highest BCUT2D eigenvalue weighted by atomic mass is 16.5. The predicted octanol–water partition coefficient (Wildman–Crippen LogP) is 6.03. The Balaban J connectivity index is 1.34. The van der Waals surface area contributed by atoms with Crippen molar-refractivity contribution < 1.29 is 28.5 Å². The van der Waals surface area contributed by atoms with E-state index in [4.69, 9.17) is 18.9 Å². The van der Waals surface area contributed by atoms with E-state index in [1.807, 2.05) is 12.1 Å². The first-order valence-corrected chi connectivity index (χ1v) is 12.1. The third kappa shape index (κ3) is 9.02. The molecule has 6 nitrogen and oxygen atoms in total. The molecule has 2 aromatic carbocycles. The van der Waals surface area contributed by atoms with Crippen molar-refractivity contribution in [1.29, 1.82) is 0 Å². The van der Waals surface area contributed by atoms with Crippen LogP contribution in [0.1, 0.15) is 67.3 Å². The van der Waals surface area contributed by atoms with Crippen LogP contribution in [-0.2, 0) is 20.9 Å². The van der Waals surface area contributed by atoms with Crippen LogP contribution in [0.2, 0.25) is 0 Å². The molecular weight excluding hydrogens is 432 g/mol. The van der Waals surface area contributed by atoms with E-state index in [9.17, 15) is 9.59 Å². The maximum Gasteiger partial charge on any atom is 0.343 e. The maximum absolute atomic E-state index is 12.4. The van der Waals surface area contributed by atoms with Gasteiger partial charge in [0, 0.05) is 6.08 Å². The topological polar surface area (TPSA) is 71.1 Å². The second-order valence-electron chi connectivity index (χ2n) is 8.41. The fourth-order valence-electron chi connectivity index (χ4n) is 3.76. The summed E-state index contributed by atoms with van der Waals surface area (Å²) in [6, 6.07) is 14.4. The van der Waals surface area contributed by atoms with E-state index in [1.165, 1.54) is 19.3 Å². The van der Waals surface area contributed by atoms with Gasteiger partial charge in [-0.25, -0.2) is 9.59 Å². The summed E-state index contributed by atoms with van der Waals surface area (Å²) in [4.78, 5) is 23.4. The minimum absolute atomic E-state index is 0.368. The number of unbranched alkanes of at least 4 members (excludes halogenated alkanes) is 2. The van der Waals surface area contributed by atoms with E-state index in [1.54, 1.807) is 36.4 Å². The molecule has 0 spiro atoms. The third-order valence-electron chi connectivity index (χ3n) is 5.73. The van der Waals surface area contributed by atoms with Crippen LogP contribution in [0.5, 0.6) is 11.5 Å². The van der Waals surface area contributed by atoms with Gasteiger partial charge in [0.25, 0.3) is 0 Å². The van der Waals surface area contributed by atoms with Crippen LogP contribution in [-0.4, -0.2) is 31.3 Å². The van der Waals surface area contributed by atoms with E-state index in [0.29, 0.717) is 43.0 Å². The van der Waals surface area contributed by atoms with Gasteiger partial charge < -0.3 is 18.9 Å². The van der Waals surface area contributed by atoms with Crippen LogP contribution in [0, 0.1) is 0 Å². The number of esters is 2. The summed E-state index contributed by atoms with van der Waals surface area (Å²) in [6.45, 7) is 4.88. The molecule has 0 amide bonds. The lowest BCUT2D eigenvalue weighted by atomic mass is 9.98. The highest BCUT2D eigenvalue weighted by Gasteiger charge is 2.14. The van der Waals surface area contributed by atoms with Crippen LogP contribution in [0.15, 0.2) is 61.2 Å². The van der Waals surface area contributed by atoms with Crippen LogP contribution in [0.3, 0.4) is 0 Å². The van der Waals surface area contributed by atoms with Gasteiger partial charge in [-0.2, -0.15) is 0 Å². The molecule has 1 aliphatic carbocycles. The zero-order valence-corrected chi connectivity index (χ0v) is 19.7. The molecule has 0 saturated heterocycles. The lowest BCUT2D eigenvalue weighted by Gasteiger charge is -2.22. The lowest BCUT2D eigenvalue weighted by Crippen LogP contribution is -2.16. The molecule has 0 N–H and O–H groups in total. The Morgan fingerprint density at radius 3 is 2.24 bits per heavy atom. The van der Waals surface area contributed by atoms with Gasteiger partial charge in [-0.15, -0.1) is 0 Å². The summed E-state index contributed by atoms with van der Waals surface area (Å²) in [6.07, 6.45) is 10.2. The van der Waals surface area contributed by atoms with Gasteiger partial charge in [0.2, 0.25) is 0 Å². The molecule has 0 aromatic heterocycles. The minimum atomic E-state index is -0.410. The normalized spacial score (nSPS) is 13.8. The van der Waals surface area contributed by atoms with Crippen molar-refractivity contribution in [3.63, 3.8) is 0 Å². The number of rotatable bonds is 13. The molecule has 3 rings (SSSR count). The van der Waals surface area contributed by atoms with Crippen LogP contribution >= 0.6 is 0 Å². The Bertz CT molecular complexity index is 897. The molecule has 1 aliphatic rings. The first-order chi connectivity index (χ1) is 16.6. The molecule has 0 heterocycles. The summed E-state index contributed by atoms with van der Waals surface area (Å²) in [7, 11) is 0. The molecule has 0 unspecified atom stereocenters. The summed E-state index contributed by atoms with van der Waals surface area (Å²) in [5, 5.41) is 0. The molecule has 6 heteroatoms. The molecular formula is C28H34O6. The molecule has 1 fully saturated rings. The standard InChI is InChI=1S/C28H34O6/c1-2-27(29)32-20-8-4-7-19-31-25-17-13-23(14-18-25)28(30)34-26-15-11-22(12-16-26)21-33-24-9-5-3-6-10-24/h2,11-18,24H,1,3-10,19-21H2. The SMILES string of the molecule is C=CC(=O)OCCCCCOc1ccc(C(=O)Oc2ccc(COC3CCCCC3)cc2)cc1. The molecule has 0 radical (unpaired) electrons. The van der Waals surface area contributed by atoms with Crippen molar-refractivity contribution in [3.8, 4) is 11.5 Å². The van der Waals surface area contributed by atoms with Crippen molar-refractivity contribution in [3.05, 3.63) is 72.3 Å². The maximum atomic E-state index is 12.4. The minimum Gasteiger partial charge on any atom is -0.494 e. The highest BCUT2D eigenvalue weighted by molar-refractivity contribution is 5.91. The fourth-order valence-corrected chi connectivity index (χ4v) is 3.76. The Kier molecular flexibility index (Phi) is 10.7. The Morgan fingerprint density at radius 1 is 0.853 bits per heavy atom. The predicted molar refractivity (Wildman–Crippen MR) is 130 cm³/mol. The van der Waals surface area contributed by atoms with E-state index in [2.05, 4.69) is 6.58 Å². The molecule has 1 saturated carbocycles. The summed E-state index contributed by atoms with van der Waals surface area (Å²) >= 11 is 0. The zero-order chi connectivity index (χ0) is 24.0. The second kappa shape index (κ2) is 14.2. The van der Waals surface area contributed by atoms with Crippen LogP contribution in [0.4, 0.5) is 0 Å². The molecule has 0 atom stereocenters. The van der Waals surface area contributed by atoms with Crippen LogP contribution < -0.4 is 9.47 Å². The molecule has 0 aliphatic heterocycles. The summed E-state index contributed by atoms with van der Waals surface area (Å²) in [5.74, 6) is 0.389. The van der Waals surface area contributed by atoms with Gasteiger partial charge in [0.15, 0.2) is 0 Å². The number of hydrogen-bond acceptors (Lipinski definition) is 6. The Labute approximate surface area is 201 Å². The number of ether oxygens (including phenoxy) is 4. The molecule has 2 aromatic rings. The fraction of sp³-hybridized carbons (Fsp3) is 0.429. The molecule has 34 heavy (non-hydrogen) atoms. The number of carbonyl (C=O) groups is 2. The van der Waals surface area contributed by atoms with Gasteiger partial charge in [0.1, 0.15) is 11.5 Å². The Hall–Kier alpha value is -3.12. The van der Waals surface area contributed by atoms with E-state index >= 15 is 0 Å². The van der Waals surface area contributed by atoms with E-state index < -0.39 is 11.9 Å².